The van der Waals surface area contributed by atoms with Gasteiger partial charge in [-0.15, -0.1) is 11.3 Å². The molecule has 0 unspecified atom stereocenters. The quantitative estimate of drug-likeness (QED) is 0.646. The molecule has 9 nitrogen and oxygen atoms in total. The molecule has 2 aliphatic rings. The molecular weight excluding hydrogens is 452 g/mol. The van der Waals surface area contributed by atoms with Gasteiger partial charge in [0.15, 0.2) is 5.13 Å². The van der Waals surface area contributed by atoms with Crippen LogP contribution in [0.4, 0.5) is 5.13 Å². The fraction of sp³-hybridized carbons (Fsp3) is 0.524. The van der Waals surface area contributed by atoms with Gasteiger partial charge in [0.1, 0.15) is 5.75 Å². The van der Waals surface area contributed by atoms with E-state index in [4.69, 9.17) is 4.74 Å². The van der Waals surface area contributed by atoms with E-state index in [0.717, 1.165) is 23.4 Å². The van der Waals surface area contributed by atoms with Gasteiger partial charge in [-0.1, -0.05) is 0 Å². The topological polar surface area (TPSA) is 112 Å². The molecule has 0 aliphatic carbocycles. The lowest BCUT2D eigenvalue weighted by Crippen LogP contribution is -2.63. The molecule has 174 valence electrons. The molecule has 2 N–H and O–H groups in total. The van der Waals surface area contributed by atoms with Crippen molar-refractivity contribution in [2.24, 2.45) is 0 Å². The number of β-amino-alcohol motifs (C(OH)–C–C–N with tert-alkyl or cyclic N) is 1. The maximum atomic E-state index is 12.6. The number of methoxy groups -OCH3 is 1. The van der Waals surface area contributed by atoms with Crippen LogP contribution in [0.3, 0.4) is 0 Å². The number of sulfonamides is 1. The molecular formula is C21H28N4O5S2. The average Bonchev–Trinajstić information content (AvgIpc) is 3.39. The lowest BCUT2D eigenvalue weighted by atomic mass is 9.83. The Labute approximate surface area is 192 Å². The van der Waals surface area contributed by atoms with Gasteiger partial charge in [0, 0.05) is 30.6 Å². The molecule has 0 saturated carbocycles. The van der Waals surface area contributed by atoms with Crippen molar-refractivity contribution in [1.82, 2.24) is 14.2 Å². The maximum absolute atomic E-state index is 12.6. The summed E-state index contributed by atoms with van der Waals surface area (Å²) in [6, 6.07) is 7.54. The second-order valence-electron chi connectivity index (χ2n) is 8.36. The number of carbonyl (C=O) groups is 1. The third-order valence-electron chi connectivity index (χ3n) is 6.28. The number of piperidine rings is 1. The summed E-state index contributed by atoms with van der Waals surface area (Å²) in [4.78, 5) is 18.9. The van der Waals surface area contributed by atoms with Crippen molar-refractivity contribution in [2.75, 3.05) is 44.9 Å². The number of likely N-dealkylation sites (tertiary alicyclic amines) is 1. The molecule has 1 spiro atoms. The fourth-order valence-corrected chi connectivity index (χ4v) is 6.87. The first-order valence-corrected chi connectivity index (χ1v) is 13.2. The number of carbonyl (C=O) groups excluding carboxylic acids is 1. The van der Waals surface area contributed by atoms with Gasteiger partial charge in [0.25, 0.3) is 0 Å². The van der Waals surface area contributed by atoms with Crippen molar-refractivity contribution in [3.8, 4) is 17.0 Å². The number of benzene rings is 1. The first kappa shape index (κ1) is 23.1. The largest absolute Gasteiger partial charge is 0.497 e. The number of amides is 1. The lowest BCUT2D eigenvalue weighted by Gasteiger charge is -2.47. The Balaban J connectivity index is 1.34. The summed E-state index contributed by atoms with van der Waals surface area (Å²) in [5.74, 6) is 0.551. The predicted molar refractivity (Wildman–Crippen MR) is 123 cm³/mol. The van der Waals surface area contributed by atoms with Gasteiger partial charge < -0.3 is 15.2 Å². The van der Waals surface area contributed by atoms with E-state index in [1.165, 1.54) is 21.9 Å². The van der Waals surface area contributed by atoms with Gasteiger partial charge in [-0.25, -0.2) is 13.4 Å². The summed E-state index contributed by atoms with van der Waals surface area (Å²) in [5, 5.41) is 16.0. The van der Waals surface area contributed by atoms with Gasteiger partial charge in [0.05, 0.1) is 37.2 Å². The van der Waals surface area contributed by atoms with Crippen molar-refractivity contribution < 1.29 is 23.1 Å². The highest BCUT2D eigenvalue weighted by Gasteiger charge is 2.52. The van der Waals surface area contributed by atoms with Crippen molar-refractivity contribution in [2.45, 2.75) is 30.9 Å². The zero-order chi connectivity index (χ0) is 22.9. The Kier molecular flexibility index (Phi) is 6.55. The number of aromatic nitrogens is 1. The van der Waals surface area contributed by atoms with E-state index in [2.05, 4.69) is 10.3 Å². The first-order valence-electron chi connectivity index (χ1n) is 10.5. The van der Waals surface area contributed by atoms with Crippen LogP contribution >= 0.6 is 11.3 Å². The number of aliphatic hydroxyl groups is 1. The van der Waals surface area contributed by atoms with E-state index in [0.29, 0.717) is 31.1 Å². The van der Waals surface area contributed by atoms with Crippen LogP contribution in [0, 0.1) is 0 Å². The number of rotatable bonds is 6. The Bertz CT molecular complexity index is 1070. The van der Waals surface area contributed by atoms with E-state index in [-0.39, 0.29) is 19.0 Å². The highest BCUT2D eigenvalue weighted by Crippen LogP contribution is 2.40. The third-order valence-corrected chi connectivity index (χ3v) is 8.39. The smallest absolute Gasteiger partial charge is 0.240 e. The van der Waals surface area contributed by atoms with E-state index in [1.807, 2.05) is 34.5 Å². The zero-order valence-electron chi connectivity index (χ0n) is 18.2. The van der Waals surface area contributed by atoms with Crippen LogP contribution in [-0.2, 0) is 14.8 Å². The van der Waals surface area contributed by atoms with Crippen LogP contribution in [0.25, 0.3) is 11.3 Å². The van der Waals surface area contributed by atoms with E-state index >= 15 is 0 Å². The second-order valence-corrected chi connectivity index (χ2v) is 11.1. The number of aliphatic hydroxyl groups excluding tert-OH is 1. The lowest BCUT2D eigenvalue weighted by molar-refractivity contribution is -0.119. The third kappa shape index (κ3) is 4.67. The van der Waals surface area contributed by atoms with Gasteiger partial charge >= 0.3 is 0 Å². The Morgan fingerprint density at radius 3 is 2.72 bits per heavy atom. The Hall–Kier alpha value is -2.05. The molecule has 0 bridgehead atoms. The van der Waals surface area contributed by atoms with E-state index < -0.39 is 21.7 Å². The molecule has 3 heterocycles. The highest BCUT2D eigenvalue weighted by molar-refractivity contribution is 7.88. The van der Waals surface area contributed by atoms with E-state index in [9.17, 15) is 18.3 Å². The molecule has 1 aromatic carbocycles. The van der Waals surface area contributed by atoms with Crippen molar-refractivity contribution in [3.05, 3.63) is 29.6 Å². The van der Waals surface area contributed by atoms with Crippen molar-refractivity contribution >= 4 is 32.4 Å². The molecule has 1 aromatic heterocycles. The van der Waals surface area contributed by atoms with Crippen LogP contribution in [0.5, 0.6) is 5.75 Å². The molecule has 4 rings (SSSR count). The highest BCUT2D eigenvalue weighted by atomic mass is 32.2. The molecule has 2 atom stereocenters. The number of hydrogen-bond donors (Lipinski definition) is 2. The monoisotopic (exact) mass is 480 g/mol. The maximum Gasteiger partial charge on any atom is 0.240 e. The van der Waals surface area contributed by atoms with Crippen LogP contribution in [0.2, 0.25) is 0 Å². The summed E-state index contributed by atoms with van der Waals surface area (Å²) in [6.07, 6.45) is 2.26. The molecule has 2 saturated heterocycles. The van der Waals surface area contributed by atoms with Crippen molar-refractivity contribution in [1.29, 1.82) is 0 Å². The normalized spacial score (nSPS) is 24.7. The number of anilines is 1. The minimum Gasteiger partial charge on any atom is -0.497 e. The number of ether oxygens (including phenoxy) is 1. The van der Waals surface area contributed by atoms with Gasteiger partial charge in [-0.3, -0.25) is 9.69 Å². The SMILES string of the molecule is COc1ccc(-c2csc(NC(=O)CN3CC[C@@]4(CCCN4S(C)(=O)=O)[C@@H](O)C3)n2)cc1. The van der Waals surface area contributed by atoms with Crippen LogP contribution in [0.1, 0.15) is 19.3 Å². The summed E-state index contributed by atoms with van der Waals surface area (Å²) in [6.45, 7) is 1.36. The molecule has 2 aromatic rings. The molecule has 11 heteroatoms. The minimum atomic E-state index is -3.39. The van der Waals surface area contributed by atoms with Crippen LogP contribution in [0.15, 0.2) is 29.6 Å². The first-order chi connectivity index (χ1) is 15.2. The molecule has 2 fully saturated rings. The summed E-state index contributed by atoms with van der Waals surface area (Å²) < 4.78 is 31.0. The summed E-state index contributed by atoms with van der Waals surface area (Å²) in [5.41, 5.74) is 0.952. The fourth-order valence-electron chi connectivity index (χ4n) is 4.71. The number of thiazole rings is 1. The average molecular weight is 481 g/mol. The van der Waals surface area contributed by atoms with Crippen LogP contribution < -0.4 is 10.1 Å². The zero-order valence-corrected chi connectivity index (χ0v) is 19.8. The van der Waals surface area contributed by atoms with Crippen LogP contribution in [-0.4, -0.2) is 84.8 Å². The minimum absolute atomic E-state index is 0.115. The van der Waals surface area contributed by atoms with Crippen molar-refractivity contribution in [3.63, 3.8) is 0 Å². The Morgan fingerprint density at radius 1 is 1.31 bits per heavy atom. The van der Waals surface area contributed by atoms with Gasteiger partial charge in [-0.05, 0) is 43.5 Å². The number of hydrogen-bond acceptors (Lipinski definition) is 8. The van der Waals surface area contributed by atoms with Gasteiger partial charge in [-0.2, -0.15) is 4.31 Å². The van der Waals surface area contributed by atoms with Gasteiger partial charge in [0.2, 0.25) is 15.9 Å². The molecule has 0 radical (unpaired) electrons. The molecule has 32 heavy (non-hydrogen) atoms. The molecule has 2 aliphatic heterocycles. The Morgan fingerprint density at radius 2 is 2.06 bits per heavy atom. The predicted octanol–water partition coefficient (Wildman–Crippen LogP) is 1.62. The number of nitrogens with one attached hydrogen (secondary N) is 1. The van der Waals surface area contributed by atoms with E-state index in [1.54, 1.807) is 7.11 Å². The second kappa shape index (κ2) is 9.06. The summed E-state index contributed by atoms with van der Waals surface area (Å²) in [7, 11) is -1.77. The standard InChI is InChI=1S/C21H28N4O5S2/c1-30-16-6-4-15(5-7-16)17-14-31-20(22-17)23-19(27)13-24-11-9-21(18(26)12-24)8-3-10-25(21)32(2,28)29/h4-7,14,18,26H,3,8-13H2,1-2H3,(H,22,23,27)/t18-,21-/m0/s1. The number of nitrogens with zero attached hydrogens (tertiary/aromatic N) is 3. The molecule has 1 amide bonds. The summed E-state index contributed by atoms with van der Waals surface area (Å²) >= 11 is 1.35.